The smallest absolute Gasteiger partial charge is 0.323 e. The number of amides is 1. The number of hydrogen-bond donors (Lipinski definition) is 1. The van der Waals surface area contributed by atoms with Gasteiger partial charge in [-0.25, -0.2) is 0 Å². The van der Waals surface area contributed by atoms with Crippen molar-refractivity contribution >= 4 is 56.0 Å². The number of carbonyl (C=O) groups excluding carboxylic acids is 4. The van der Waals surface area contributed by atoms with Crippen molar-refractivity contribution in [2.75, 3.05) is 40.5 Å². The van der Waals surface area contributed by atoms with Gasteiger partial charge in [-0.05, 0) is 72.0 Å². The molecule has 0 bridgehead atoms. The number of piperidine rings is 1. The predicted molar refractivity (Wildman–Crippen MR) is 204 cm³/mol. The maximum Gasteiger partial charge on any atom is 0.323 e. The Morgan fingerprint density at radius 2 is 1.51 bits per heavy atom. The van der Waals surface area contributed by atoms with Crippen LogP contribution < -0.4 is 15.2 Å². The average molecular weight is 740 g/mol. The van der Waals surface area contributed by atoms with Crippen LogP contribution in [0, 0.1) is 0 Å². The second-order valence-corrected chi connectivity index (χ2v) is 14.4. The van der Waals surface area contributed by atoms with Gasteiger partial charge in [0.2, 0.25) is 0 Å². The van der Waals surface area contributed by atoms with Gasteiger partial charge in [0.25, 0.3) is 5.91 Å². The fourth-order valence-electron chi connectivity index (χ4n) is 6.67. The first-order valence-corrected chi connectivity index (χ1v) is 18.7. The van der Waals surface area contributed by atoms with Crippen molar-refractivity contribution in [2.45, 2.75) is 50.5 Å². The second-order valence-electron chi connectivity index (χ2n) is 13.3. The van der Waals surface area contributed by atoms with Gasteiger partial charge < -0.3 is 34.1 Å². The number of fused-ring (bicyclic) bond motifs is 2. The molecule has 278 valence electrons. The molecule has 1 unspecified atom stereocenters. The number of ether oxygens (including phenoxy) is 4. The summed E-state index contributed by atoms with van der Waals surface area (Å²) in [7, 11) is 5.04. The summed E-state index contributed by atoms with van der Waals surface area (Å²) in [4.78, 5) is 54.6. The Bertz CT molecular complexity index is 2060. The van der Waals surface area contributed by atoms with E-state index in [1.165, 1.54) is 11.3 Å². The largest absolute Gasteiger partial charge is 0.493 e. The summed E-state index contributed by atoms with van der Waals surface area (Å²) < 4.78 is 25.0. The fraction of sp³-hybridized carbons (Fsp3) is 0.366. The third-order valence-corrected chi connectivity index (χ3v) is 10.9. The molecule has 3 heterocycles. The lowest BCUT2D eigenvalue weighted by Gasteiger charge is -2.27. The van der Waals surface area contributed by atoms with Crippen molar-refractivity contribution < 1.29 is 38.1 Å². The Balaban J connectivity index is 1.09. The van der Waals surface area contributed by atoms with E-state index in [1.54, 1.807) is 44.6 Å². The molecule has 2 N–H and O–H groups in total. The lowest BCUT2D eigenvalue weighted by molar-refractivity contribution is -0.148. The Labute approximate surface area is 312 Å². The SMILES string of the molecule is COc1cc2cc(C(=O)CCC(=O)OCC(COC(=O)[C@@H](N)Cc3cc4ccccc4n3C)c3ccc(C(=O)N4CCCCC4)cc3)sc2cc1OC. The molecule has 1 fully saturated rings. The van der Waals surface area contributed by atoms with E-state index in [9.17, 15) is 19.2 Å². The molecule has 0 saturated carbocycles. The number of carbonyl (C=O) groups is 4. The molecule has 0 aliphatic carbocycles. The summed E-state index contributed by atoms with van der Waals surface area (Å²) in [6, 6.07) is 21.6. The first-order chi connectivity index (χ1) is 25.6. The van der Waals surface area contributed by atoms with E-state index in [0.717, 1.165) is 64.6 Å². The van der Waals surface area contributed by atoms with Crippen LogP contribution in [-0.4, -0.2) is 79.7 Å². The number of rotatable bonds is 15. The van der Waals surface area contributed by atoms with Gasteiger partial charge in [-0.3, -0.25) is 19.2 Å². The van der Waals surface area contributed by atoms with E-state index in [-0.39, 0.29) is 44.2 Å². The number of thiophene rings is 1. The predicted octanol–water partition coefficient (Wildman–Crippen LogP) is 6.44. The number of Topliss-reactive ketones (excluding diaryl/α,β-unsaturated/α-hetero) is 1. The topological polar surface area (TPSA) is 139 Å². The Kier molecular flexibility index (Phi) is 12.1. The van der Waals surface area contributed by atoms with E-state index >= 15 is 0 Å². The molecule has 53 heavy (non-hydrogen) atoms. The molecule has 6 rings (SSSR count). The van der Waals surface area contributed by atoms with Gasteiger partial charge in [-0.15, -0.1) is 11.3 Å². The van der Waals surface area contributed by atoms with Crippen molar-refractivity contribution in [1.29, 1.82) is 0 Å². The van der Waals surface area contributed by atoms with Crippen molar-refractivity contribution in [1.82, 2.24) is 9.47 Å². The number of ketones is 1. The normalized spacial score (nSPS) is 14.2. The highest BCUT2D eigenvalue weighted by Crippen LogP contribution is 2.37. The highest BCUT2D eigenvalue weighted by Gasteiger charge is 2.24. The van der Waals surface area contributed by atoms with Gasteiger partial charge in [-0.1, -0.05) is 30.3 Å². The molecule has 1 saturated heterocycles. The summed E-state index contributed by atoms with van der Waals surface area (Å²) in [6.45, 7) is 1.29. The van der Waals surface area contributed by atoms with Crippen molar-refractivity contribution in [2.24, 2.45) is 12.8 Å². The lowest BCUT2D eigenvalue weighted by Crippen LogP contribution is -2.36. The van der Waals surface area contributed by atoms with Crippen LogP contribution in [0.2, 0.25) is 0 Å². The number of nitrogens with zero attached hydrogens (tertiary/aromatic N) is 2. The zero-order chi connectivity index (χ0) is 37.5. The van der Waals surface area contributed by atoms with Crippen molar-refractivity contribution in [3.8, 4) is 11.5 Å². The molecule has 0 spiro atoms. The van der Waals surface area contributed by atoms with Gasteiger partial charge in [0, 0.05) is 60.5 Å². The van der Waals surface area contributed by atoms with Gasteiger partial charge in [0.1, 0.15) is 19.3 Å². The van der Waals surface area contributed by atoms with Crippen LogP contribution in [-0.2, 0) is 32.5 Å². The van der Waals surface area contributed by atoms with Crippen molar-refractivity contribution in [3.63, 3.8) is 0 Å². The van der Waals surface area contributed by atoms with Crippen molar-refractivity contribution in [3.05, 3.63) is 94.5 Å². The minimum Gasteiger partial charge on any atom is -0.493 e. The molecule has 1 aliphatic heterocycles. The zero-order valence-corrected chi connectivity index (χ0v) is 31.1. The lowest BCUT2D eigenvalue weighted by atomic mass is 9.98. The van der Waals surface area contributed by atoms with E-state index in [1.807, 2.05) is 59.0 Å². The van der Waals surface area contributed by atoms with Crippen LogP contribution in [0.25, 0.3) is 21.0 Å². The van der Waals surface area contributed by atoms with Crippen LogP contribution in [0.5, 0.6) is 11.5 Å². The minimum atomic E-state index is -0.909. The Hall–Kier alpha value is -5.20. The number of esters is 2. The molecule has 1 aliphatic rings. The van der Waals surface area contributed by atoms with Crippen LogP contribution in [0.4, 0.5) is 0 Å². The quantitative estimate of drug-likeness (QED) is 0.0950. The maximum absolute atomic E-state index is 13.1. The summed E-state index contributed by atoms with van der Waals surface area (Å²) in [5.74, 6) is -0.728. The van der Waals surface area contributed by atoms with Crippen LogP contribution in [0.15, 0.2) is 72.8 Å². The molecule has 1 amide bonds. The standard InChI is InChI=1S/C41H45N3O8S/c1-43-31(19-28-9-5-6-10-33(28)43)22-32(42)41(48)52-25-30(26-11-13-27(14-12-26)40(47)44-17-7-4-8-18-44)24-51-39(46)16-15-34(45)38-21-29-20-35(49-2)36(50-3)23-37(29)53-38/h5-6,9-14,19-21,23,30,32H,4,7-8,15-18,22,24-25,42H2,1-3H3/t30?,32-/m0/s1. The monoisotopic (exact) mass is 739 g/mol. The van der Waals surface area contributed by atoms with E-state index in [0.29, 0.717) is 21.9 Å². The first kappa shape index (κ1) is 37.6. The number of benzene rings is 3. The summed E-state index contributed by atoms with van der Waals surface area (Å²) in [6.07, 6.45) is 3.24. The van der Waals surface area contributed by atoms with Gasteiger partial charge in [-0.2, -0.15) is 0 Å². The number of likely N-dealkylation sites (tertiary alicyclic amines) is 1. The molecule has 11 nitrogen and oxygen atoms in total. The highest BCUT2D eigenvalue weighted by molar-refractivity contribution is 7.20. The molecule has 5 aromatic rings. The van der Waals surface area contributed by atoms with Gasteiger partial charge in [0.15, 0.2) is 17.3 Å². The number of hydrogen-bond acceptors (Lipinski definition) is 10. The van der Waals surface area contributed by atoms with E-state index in [2.05, 4.69) is 0 Å². The molecule has 0 radical (unpaired) electrons. The summed E-state index contributed by atoms with van der Waals surface area (Å²) >= 11 is 1.32. The van der Waals surface area contributed by atoms with Gasteiger partial charge >= 0.3 is 11.9 Å². The molecule has 3 aromatic carbocycles. The fourth-order valence-corrected chi connectivity index (χ4v) is 7.71. The van der Waals surface area contributed by atoms with Crippen LogP contribution in [0.1, 0.15) is 69.3 Å². The summed E-state index contributed by atoms with van der Waals surface area (Å²) in [5, 5.41) is 1.90. The average Bonchev–Trinajstić information content (AvgIpc) is 3.76. The number of para-hydroxylation sites is 1. The van der Waals surface area contributed by atoms with Crippen LogP contribution >= 0.6 is 11.3 Å². The number of aryl methyl sites for hydroxylation is 1. The molecular weight excluding hydrogens is 695 g/mol. The molecule has 12 heteroatoms. The molecule has 2 aromatic heterocycles. The number of nitrogens with two attached hydrogens (primary N) is 1. The molecular formula is C41H45N3O8S. The van der Waals surface area contributed by atoms with E-state index < -0.39 is 23.9 Å². The summed E-state index contributed by atoms with van der Waals surface area (Å²) in [5.41, 5.74) is 9.56. The number of aromatic nitrogens is 1. The maximum atomic E-state index is 13.1. The van der Waals surface area contributed by atoms with E-state index in [4.69, 9.17) is 24.7 Å². The highest BCUT2D eigenvalue weighted by atomic mass is 32.1. The Morgan fingerprint density at radius 3 is 2.23 bits per heavy atom. The second kappa shape index (κ2) is 17.1. The van der Waals surface area contributed by atoms with Gasteiger partial charge in [0.05, 0.1) is 31.4 Å². The Morgan fingerprint density at radius 1 is 0.811 bits per heavy atom. The minimum absolute atomic E-state index is 0.0217. The number of methoxy groups -OCH3 is 2. The third-order valence-electron chi connectivity index (χ3n) is 9.78. The first-order valence-electron chi connectivity index (χ1n) is 17.8. The van der Waals surface area contributed by atoms with Crippen LogP contribution in [0.3, 0.4) is 0 Å². The third kappa shape index (κ3) is 8.89. The zero-order valence-electron chi connectivity index (χ0n) is 30.3. The molecule has 2 atom stereocenters.